The van der Waals surface area contributed by atoms with Crippen molar-refractivity contribution in [3.63, 3.8) is 0 Å². The lowest BCUT2D eigenvalue weighted by molar-refractivity contribution is 0.844. The van der Waals surface area contributed by atoms with Crippen LogP contribution in [-0.2, 0) is 0 Å². The second-order valence-corrected chi connectivity index (χ2v) is 13.1. The van der Waals surface area contributed by atoms with E-state index in [4.69, 9.17) is 39.9 Å². The summed E-state index contributed by atoms with van der Waals surface area (Å²) in [5.74, 6) is 5.36. The summed E-state index contributed by atoms with van der Waals surface area (Å²) in [4.78, 5) is 41.4. The lowest BCUT2D eigenvalue weighted by Gasteiger charge is -2.21. The SMILES string of the molecule is CCCC1=C(CCC)C2=NC3=NC(=NC4=NC(=NC5=NC(=NC1=N2)C(CCC)=C5CCC)C1=C4NC(C)=C(C)N1)C(CCC)=C3CCC. The Kier molecular flexibility index (Phi) is 10.1. The number of nitrogens with one attached hydrogen (secondary N) is 2. The summed E-state index contributed by atoms with van der Waals surface area (Å²) in [5.41, 5.74) is 10.6. The Bertz CT molecular complexity index is 1590. The van der Waals surface area contributed by atoms with Gasteiger partial charge in [0.15, 0.2) is 46.7 Å². The number of amidine groups is 8. The number of hydrogen-bond acceptors (Lipinski definition) is 10. The lowest BCUT2D eigenvalue weighted by atomic mass is 9.99. The molecule has 0 saturated carbocycles. The molecule has 0 aromatic rings. The van der Waals surface area contributed by atoms with Crippen molar-refractivity contribution in [2.75, 3.05) is 0 Å². The van der Waals surface area contributed by atoms with Gasteiger partial charge in [0.2, 0.25) is 0 Å². The van der Waals surface area contributed by atoms with Crippen LogP contribution in [0.15, 0.2) is 96.2 Å². The molecule has 0 amide bonds. The van der Waals surface area contributed by atoms with Gasteiger partial charge >= 0.3 is 0 Å². The van der Waals surface area contributed by atoms with E-state index in [1.165, 1.54) is 11.1 Å². The summed E-state index contributed by atoms with van der Waals surface area (Å²) in [7, 11) is 0. The molecule has 0 saturated heterocycles. The summed E-state index contributed by atoms with van der Waals surface area (Å²) < 4.78 is 0. The maximum atomic E-state index is 5.27. The van der Waals surface area contributed by atoms with Crippen molar-refractivity contribution in [1.29, 1.82) is 0 Å². The molecule has 0 aromatic carbocycles. The Labute approximate surface area is 285 Å². The predicted molar refractivity (Wildman–Crippen MR) is 202 cm³/mol. The quantitative estimate of drug-likeness (QED) is 0.221. The van der Waals surface area contributed by atoms with E-state index in [9.17, 15) is 0 Å². The molecular weight excluding hydrogens is 596 g/mol. The zero-order chi connectivity index (χ0) is 33.9. The van der Waals surface area contributed by atoms with Gasteiger partial charge in [0, 0.05) is 44.8 Å². The van der Waals surface area contributed by atoms with Crippen molar-refractivity contribution in [2.24, 2.45) is 39.9 Å². The Morgan fingerprint density at radius 3 is 0.729 bits per heavy atom. The zero-order valence-corrected chi connectivity index (χ0v) is 30.1. The summed E-state index contributed by atoms with van der Waals surface area (Å²) in [6.45, 7) is 17.3. The summed E-state index contributed by atoms with van der Waals surface area (Å²) in [6.07, 6.45) is 11.1. The Morgan fingerprint density at radius 2 is 0.500 bits per heavy atom. The minimum absolute atomic E-state index is 0.563. The molecule has 252 valence electrons. The number of fused-ring (bicyclic) bond motifs is 6. The molecule has 0 aromatic heterocycles. The Morgan fingerprint density at radius 1 is 0.312 bits per heavy atom. The Hall–Kier alpha value is -4.34. The van der Waals surface area contributed by atoms with Crippen LogP contribution in [0.1, 0.15) is 132 Å². The van der Waals surface area contributed by atoms with Gasteiger partial charge in [-0.05, 0) is 52.4 Å². The minimum Gasteiger partial charge on any atom is -0.353 e. The topological polar surface area (TPSA) is 123 Å². The first-order chi connectivity index (χ1) is 23.3. The maximum Gasteiger partial charge on any atom is 0.182 e. The van der Waals surface area contributed by atoms with Crippen molar-refractivity contribution in [1.82, 2.24) is 10.6 Å². The summed E-state index contributed by atoms with van der Waals surface area (Å²) in [5, 5.41) is 7.13. The number of hydrogen-bond donors (Lipinski definition) is 2. The van der Waals surface area contributed by atoms with Crippen molar-refractivity contribution in [2.45, 2.75) is 132 Å². The van der Waals surface area contributed by atoms with E-state index in [1.54, 1.807) is 0 Å². The van der Waals surface area contributed by atoms with E-state index in [2.05, 4.69) is 66.0 Å². The number of allylic oxidation sites excluding steroid dienone is 2. The van der Waals surface area contributed by atoms with Crippen LogP contribution in [0.4, 0.5) is 0 Å². The monoisotopic (exact) mass is 646 g/mol. The molecule has 10 nitrogen and oxygen atoms in total. The highest BCUT2D eigenvalue weighted by atomic mass is 15.2. The highest BCUT2D eigenvalue weighted by Gasteiger charge is 2.35. The molecule has 10 heteroatoms. The van der Waals surface area contributed by atoms with Crippen molar-refractivity contribution < 1.29 is 0 Å². The molecule has 2 N–H and O–H groups in total. The van der Waals surface area contributed by atoms with Crippen LogP contribution in [0.25, 0.3) is 0 Å². The van der Waals surface area contributed by atoms with Crippen LogP contribution >= 0.6 is 0 Å². The molecular formula is C38H50N10. The van der Waals surface area contributed by atoms with E-state index in [1.807, 2.05) is 0 Å². The third-order valence-corrected chi connectivity index (χ3v) is 9.29. The second kappa shape index (κ2) is 14.4. The first kappa shape index (κ1) is 33.6. The molecule has 0 atom stereocenters. The fraction of sp³-hybridized carbons (Fsp3) is 0.526. The standard InChI is InChI=1S/C38H50N10/c1-9-15-23-24(16-10-2)32-41-31(23)42-33-25(17-11-3)27(19-13-5)35(44-33)46-37-29-30(40-22(8)21(7)39-29)38(48-37)47-36-28(20-14-6)26(18-12-4)34(43-32)45-36/h39-40H,9-20H2,1-8H3. The van der Waals surface area contributed by atoms with Crippen LogP contribution in [0, 0.1) is 0 Å². The molecule has 8 bridgehead atoms. The van der Waals surface area contributed by atoms with Crippen LogP contribution in [-0.4, -0.2) is 46.7 Å². The maximum absolute atomic E-state index is 5.27. The van der Waals surface area contributed by atoms with E-state index >= 15 is 0 Å². The largest absolute Gasteiger partial charge is 0.353 e. The molecule has 6 aliphatic heterocycles. The molecule has 6 aliphatic rings. The van der Waals surface area contributed by atoms with Gasteiger partial charge in [-0.3, -0.25) is 0 Å². The number of rotatable bonds is 12. The van der Waals surface area contributed by atoms with Crippen molar-refractivity contribution in [3.05, 3.63) is 56.2 Å². The molecule has 48 heavy (non-hydrogen) atoms. The number of nitrogens with zero attached hydrogens (tertiary/aromatic N) is 8. The molecule has 0 fully saturated rings. The molecule has 0 aliphatic carbocycles. The van der Waals surface area contributed by atoms with E-state index in [-0.39, 0.29) is 0 Å². The van der Waals surface area contributed by atoms with Gasteiger partial charge in [-0.25, -0.2) is 39.9 Å². The van der Waals surface area contributed by atoms with Crippen molar-refractivity contribution >= 4 is 46.7 Å². The van der Waals surface area contributed by atoms with Crippen LogP contribution in [0.3, 0.4) is 0 Å². The molecule has 6 heterocycles. The van der Waals surface area contributed by atoms with Gasteiger partial charge in [0.05, 0.1) is 0 Å². The molecule has 0 unspecified atom stereocenters. The van der Waals surface area contributed by atoms with E-state index in [0.29, 0.717) is 35.0 Å². The average Bonchev–Trinajstić information content (AvgIpc) is 3.75. The van der Waals surface area contributed by atoms with Gasteiger partial charge in [-0.1, -0.05) is 80.1 Å². The zero-order valence-electron chi connectivity index (χ0n) is 30.1. The second-order valence-electron chi connectivity index (χ2n) is 13.1. The van der Waals surface area contributed by atoms with E-state index in [0.717, 1.165) is 134 Å². The normalized spacial score (nSPS) is 20.3. The fourth-order valence-electron chi connectivity index (χ4n) is 6.94. The molecule has 6 rings (SSSR count). The van der Waals surface area contributed by atoms with Gasteiger partial charge in [0.25, 0.3) is 0 Å². The predicted octanol–water partition coefficient (Wildman–Crippen LogP) is 8.59. The third-order valence-electron chi connectivity index (χ3n) is 9.29. The first-order valence-electron chi connectivity index (χ1n) is 18.2. The smallest absolute Gasteiger partial charge is 0.182 e. The highest BCUT2D eigenvalue weighted by Crippen LogP contribution is 2.34. The fourth-order valence-corrected chi connectivity index (χ4v) is 6.94. The van der Waals surface area contributed by atoms with E-state index < -0.39 is 0 Å². The van der Waals surface area contributed by atoms with Gasteiger partial charge < -0.3 is 10.6 Å². The first-order valence-corrected chi connectivity index (χ1v) is 18.2. The summed E-state index contributed by atoms with van der Waals surface area (Å²) in [6, 6.07) is 0. The average molecular weight is 647 g/mol. The van der Waals surface area contributed by atoms with Gasteiger partial charge in [0.1, 0.15) is 11.4 Å². The van der Waals surface area contributed by atoms with Crippen LogP contribution < -0.4 is 10.6 Å². The summed E-state index contributed by atoms with van der Waals surface area (Å²) >= 11 is 0. The lowest BCUT2D eigenvalue weighted by Crippen LogP contribution is -2.31. The number of aliphatic imine (C=N–C) groups is 8. The van der Waals surface area contributed by atoms with Crippen LogP contribution in [0.5, 0.6) is 0 Å². The van der Waals surface area contributed by atoms with Gasteiger partial charge in [-0.15, -0.1) is 0 Å². The van der Waals surface area contributed by atoms with Crippen LogP contribution in [0.2, 0.25) is 0 Å². The molecule has 0 spiro atoms. The minimum atomic E-state index is 0.563. The van der Waals surface area contributed by atoms with Gasteiger partial charge in [-0.2, -0.15) is 0 Å². The molecule has 0 radical (unpaired) electrons. The highest BCUT2D eigenvalue weighted by molar-refractivity contribution is 6.33. The third kappa shape index (κ3) is 6.17. The van der Waals surface area contributed by atoms with Crippen molar-refractivity contribution in [3.8, 4) is 0 Å². The Balaban J connectivity index is 1.66.